The summed E-state index contributed by atoms with van der Waals surface area (Å²) in [7, 11) is 1.86. The van der Waals surface area contributed by atoms with Crippen molar-refractivity contribution in [3.63, 3.8) is 0 Å². The Kier molecular flexibility index (Phi) is 2.93. The summed E-state index contributed by atoms with van der Waals surface area (Å²) in [5.41, 5.74) is 7.55. The predicted molar refractivity (Wildman–Crippen MR) is 51.6 cm³/mol. The molecule has 0 atom stereocenters. The Balaban J connectivity index is 3.02. The number of nitrogens with zero attached hydrogens (tertiary/aromatic N) is 2. The monoisotopic (exact) mass is 183 g/mol. The molecule has 2 N–H and O–H groups in total. The van der Waals surface area contributed by atoms with E-state index in [1.165, 1.54) is 0 Å². The molecule has 0 fully saturated rings. The van der Waals surface area contributed by atoms with Crippen LogP contribution in [0.1, 0.15) is 25.1 Å². The van der Waals surface area contributed by atoms with Gasteiger partial charge in [-0.15, -0.1) is 0 Å². The van der Waals surface area contributed by atoms with E-state index in [-0.39, 0.29) is 6.10 Å². The zero-order valence-corrected chi connectivity index (χ0v) is 8.66. The topological polar surface area (TPSA) is 53.1 Å². The van der Waals surface area contributed by atoms with Crippen LogP contribution >= 0.6 is 0 Å². The molecule has 0 radical (unpaired) electrons. The van der Waals surface area contributed by atoms with Crippen LogP contribution in [0.3, 0.4) is 0 Å². The molecule has 1 rings (SSSR count). The first-order chi connectivity index (χ1) is 6.06. The Morgan fingerprint density at radius 3 is 2.62 bits per heavy atom. The third-order valence-electron chi connectivity index (χ3n) is 1.84. The molecule has 0 saturated heterocycles. The molecule has 0 aliphatic heterocycles. The molecule has 1 aromatic rings. The number of aromatic nitrogens is 2. The predicted octanol–water partition coefficient (Wildman–Crippen LogP) is 0.974. The molecule has 0 amide bonds. The molecule has 0 saturated carbocycles. The maximum atomic E-state index is 5.61. The Bertz CT molecular complexity index is 291. The minimum atomic E-state index is 0.153. The Morgan fingerprint density at radius 2 is 2.15 bits per heavy atom. The smallest absolute Gasteiger partial charge is 0.216 e. The molecule has 74 valence electrons. The number of rotatable bonds is 3. The molecule has 13 heavy (non-hydrogen) atoms. The molecule has 4 heteroatoms. The van der Waals surface area contributed by atoms with Gasteiger partial charge < -0.3 is 10.5 Å². The van der Waals surface area contributed by atoms with Crippen molar-refractivity contribution in [3.8, 4) is 5.88 Å². The molecule has 0 spiro atoms. The zero-order valence-electron chi connectivity index (χ0n) is 8.66. The molecule has 4 nitrogen and oxygen atoms in total. The molecule has 1 aromatic heterocycles. The highest BCUT2D eigenvalue weighted by molar-refractivity contribution is 5.30. The first kappa shape index (κ1) is 10.1. The molecular weight excluding hydrogens is 166 g/mol. The summed E-state index contributed by atoms with van der Waals surface area (Å²) in [6.45, 7) is 6.39. The van der Waals surface area contributed by atoms with Crippen molar-refractivity contribution in [2.24, 2.45) is 12.8 Å². The quantitative estimate of drug-likeness (QED) is 0.759. The molecular formula is C9H17N3O. The first-order valence-corrected chi connectivity index (χ1v) is 4.45. The second kappa shape index (κ2) is 3.79. The highest BCUT2D eigenvalue weighted by atomic mass is 16.5. The van der Waals surface area contributed by atoms with Crippen LogP contribution in [0, 0.1) is 6.92 Å². The second-order valence-corrected chi connectivity index (χ2v) is 3.36. The van der Waals surface area contributed by atoms with Crippen LogP contribution in [0.15, 0.2) is 0 Å². The van der Waals surface area contributed by atoms with Gasteiger partial charge in [0, 0.05) is 13.6 Å². The minimum Gasteiger partial charge on any atom is -0.475 e. The van der Waals surface area contributed by atoms with E-state index in [2.05, 4.69) is 5.10 Å². The number of hydrogen-bond acceptors (Lipinski definition) is 3. The van der Waals surface area contributed by atoms with Gasteiger partial charge in [-0.05, 0) is 20.8 Å². The van der Waals surface area contributed by atoms with Gasteiger partial charge in [-0.3, -0.25) is 0 Å². The molecule has 0 aliphatic carbocycles. The van der Waals surface area contributed by atoms with E-state index in [9.17, 15) is 0 Å². The van der Waals surface area contributed by atoms with Gasteiger partial charge in [0.2, 0.25) is 5.88 Å². The van der Waals surface area contributed by atoms with Crippen molar-refractivity contribution in [1.82, 2.24) is 9.78 Å². The summed E-state index contributed by atoms with van der Waals surface area (Å²) in [4.78, 5) is 0. The van der Waals surface area contributed by atoms with Gasteiger partial charge in [0.25, 0.3) is 0 Å². The van der Waals surface area contributed by atoms with Crippen molar-refractivity contribution in [2.75, 3.05) is 0 Å². The largest absolute Gasteiger partial charge is 0.475 e. The number of aryl methyl sites for hydroxylation is 2. The van der Waals surface area contributed by atoms with Crippen LogP contribution in [-0.2, 0) is 13.6 Å². The third kappa shape index (κ3) is 2.01. The lowest BCUT2D eigenvalue weighted by molar-refractivity contribution is 0.219. The number of ether oxygens (including phenoxy) is 1. The van der Waals surface area contributed by atoms with Crippen LogP contribution in [0.25, 0.3) is 0 Å². The van der Waals surface area contributed by atoms with Crippen molar-refractivity contribution in [2.45, 2.75) is 33.4 Å². The maximum absolute atomic E-state index is 5.61. The lowest BCUT2D eigenvalue weighted by Gasteiger charge is -2.10. The van der Waals surface area contributed by atoms with Gasteiger partial charge >= 0.3 is 0 Å². The van der Waals surface area contributed by atoms with E-state index in [4.69, 9.17) is 10.5 Å². The normalized spacial score (nSPS) is 10.9. The fourth-order valence-electron chi connectivity index (χ4n) is 1.29. The van der Waals surface area contributed by atoms with Gasteiger partial charge in [-0.2, -0.15) is 5.10 Å². The minimum absolute atomic E-state index is 0.153. The number of nitrogens with two attached hydrogens (primary N) is 1. The lowest BCUT2D eigenvalue weighted by atomic mass is 10.2. The lowest BCUT2D eigenvalue weighted by Crippen LogP contribution is -2.11. The van der Waals surface area contributed by atoms with Crippen LogP contribution in [0.4, 0.5) is 0 Å². The van der Waals surface area contributed by atoms with E-state index in [1.54, 1.807) is 4.68 Å². The Labute approximate surface area is 78.7 Å². The average Bonchev–Trinajstić information content (AvgIpc) is 2.26. The molecule has 0 bridgehead atoms. The van der Waals surface area contributed by atoms with E-state index in [0.717, 1.165) is 17.1 Å². The third-order valence-corrected chi connectivity index (χ3v) is 1.84. The van der Waals surface area contributed by atoms with Crippen LogP contribution in [-0.4, -0.2) is 15.9 Å². The van der Waals surface area contributed by atoms with Crippen LogP contribution in [0.5, 0.6) is 5.88 Å². The van der Waals surface area contributed by atoms with E-state index in [1.807, 2.05) is 27.8 Å². The summed E-state index contributed by atoms with van der Waals surface area (Å²) in [5, 5.41) is 4.25. The fourth-order valence-corrected chi connectivity index (χ4v) is 1.29. The SMILES string of the molecule is Cc1nn(C)c(OC(C)C)c1CN. The first-order valence-electron chi connectivity index (χ1n) is 4.45. The van der Waals surface area contributed by atoms with Gasteiger partial charge in [-0.25, -0.2) is 4.68 Å². The zero-order chi connectivity index (χ0) is 10.0. The molecule has 0 unspecified atom stereocenters. The van der Waals surface area contributed by atoms with Gasteiger partial charge in [0.05, 0.1) is 17.4 Å². The maximum Gasteiger partial charge on any atom is 0.216 e. The summed E-state index contributed by atoms with van der Waals surface area (Å²) in [5.74, 6) is 0.787. The van der Waals surface area contributed by atoms with Gasteiger partial charge in [-0.1, -0.05) is 0 Å². The average molecular weight is 183 g/mol. The summed E-state index contributed by atoms with van der Waals surface area (Å²) in [6.07, 6.45) is 0.153. The standard InChI is InChI=1S/C9H17N3O/c1-6(2)13-9-8(5-10)7(3)11-12(9)4/h6H,5,10H2,1-4H3. The Hall–Kier alpha value is -1.03. The van der Waals surface area contributed by atoms with Crippen molar-refractivity contribution >= 4 is 0 Å². The number of hydrogen-bond donors (Lipinski definition) is 1. The van der Waals surface area contributed by atoms with Crippen LogP contribution in [0.2, 0.25) is 0 Å². The van der Waals surface area contributed by atoms with E-state index in [0.29, 0.717) is 6.54 Å². The van der Waals surface area contributed by atoms with Gasteiger partial charge in [0.1, 0.15) is 0 Å². The van der Waals surface area contributed by atoms with E-state index >= 15 is 0 Å². The second-order valence-electron chi connectivity index (χ2n) is 3.36. The molecule has 0 aromatic carbocycles. The van der Waals surface area contributed by atoms with Crippen molar-refractivity contribution in [1.29, 1.82) is 0 Å². The van der Waals surface area contributed by atoms with Crippen molar-refractivity contribution < 1.29 is 4.74 Å². The highest BCUT2D eigenvalue weighted by Crippen LogP contribution is 2.21. The van der Waals surface area contributed by atoms with Crippen LogP contribution < -0.4 is 10.5 Å². The van der Waals surface area contributed by atoms with Crippen molar-refractivity contribution in [3.05, 3.63) is 11.3 Å². The highest BCUT2D eigenvalue weighted by Gasteiger charge is 2.13. The molecule has 0 aliphatic rings. The van der Waals surface area contributed by atoms with Gasteiger partial charge in [0.15, 0.2) is 0 Å². The van der Waals surface area contributed by atoms with E-state index < -0.39 is 0 Å². The Morgan fingerprint density at radius 1 is 1.54 bits per heavy atom. The fraction of sp³-hybridized carbons (Fsp3) is 0.667. The summed E-state index contributed by atoms with van der Waals surface area (Å²) >= 11 is 0. The summed E-state index contributed by atoms with van der Waals surface area (Å²) < 4.78 is 7.34. The molecule has 1 heterocycles. The summed E-state index contributed by atoms with van der Waals surface area (Å²) in [6, 6.07) is 0.